The lowest BCUT2D eigenvalue weighted by molar-refractivity contribution is -0.111. The number of aryl methyl sites for hydroxylation is 2. The van der Waals surface area contributed by atoms with Crippen LogP contribution in [0.25, 0.3) is 6.08 Å². The smallest absolute Gasteiger partial charge is 0.248 e. The standard InChI is InChI=1S/C22H20ClN3O3/c1-14-3-5-16(6-4-14)12-26-22(23)18(15(2)25-26)8-10-21(27)24-17-7-9-19-20(11-17)29-13-28-19/h3-11H,12-13H2,1-2H3,(H,24,27)/b10-8+. The Hall–Kier alpha value is -3.25. The van der Waals surface area contributed by atoms with Crippen LogP contribution in [-0.2, 0) is 11.3 Å². The molecule has 0 atom stereocenters. The molecule has 4 rings (SSSR count). The van der Waals surface area contributed by atoms with Crippen molar-refractivity contribution in [2.75, 3.05) is 12.1 Å². The summed E-state index contributed by atoms with van der Waals surface area (Å²) in [5, 5.41) is 7.80. The van der Waals surface area contributed by atoms with Gasteiger partial charge in [0.15, 0.2) is 11.5 Å². The molecule has 0 fully saturated rings. The predicted octanol–water partition coefficient (Wildman–Crippen LogP) is 4.58. The van der Waals surface area contributed by atoms with Crippen LogP contribution in [0.15, 0.2) is 48.5 Å². The van der Waals surface area contributed by atoms with E-state index in [0.717, 1.165) is 16.8 Å². The van der Waals surface area contributed by atoms with E-state index in [2.05, 4.69) is 34.7 Å². The first-order valence-corrected chi connectivity index (χ1v) is 9.54. The summed E-state index contributed by atoms with van der Waals surface area (Å²) in [4.78, 5) is 12.3. The number of hydrogen-bond acceptors (Lipinski definition) is 4. The number of aromatic nitrogens is 2. The van der Waals surface area contributed by atoms with E-state index in [1.54, 1.807) is 29.0 Å². The highest BCUT2D eigenvalue weighted by Crippen LogP contribution is 2.34. The minimum atomic E-state index is -0.273. The molecule has 1 amide bonds. The van der Waals surface area contributed by atoms with E-state index in [-0.39, 0.29) is 12.7 Å². The van der Waals surface area contributed by atoms with Gasteiger partial charge in [-0.05, 0) is 37.6 Å². The topological polar surface area (TPSA) is 65.4 Å². The van der Waals surface area contributed by atoms with E-state index in [0.29, 0.717) is 28.9 Å². The monoisotopic (exact) mass is 409 g/mol. The van der Waals surface area contributed by atoms with Gasteiger partial charge in [0.1, 0.15) is 5.15 Å². The summed E-state index contributed by atoms with van der Waals surface area (Å²) in [6.07, 6.45) is 3.12. The zero-order valence-corrected chi connectivity index (χ0v) is 16.9. The summed E-state index contributed by atoms with van der Waals surface area (Å²) in [5.41, 5.74) is 4.42. The number of rotatable bonds is 5. The van der Waals surface area contributed by atoms with Gasteiger partial charge in [0, 0.05) is 23.4 Å². The Morgan fingerprint density at radius 3 is 2.72 bits per heavy atom. The van der Waals surface area contributed by atoms with Gasteiger partial charge in [-0.3, -0.25) is 4.79 Å². The van der Waals surface area contributed by atoms with E-state index >= 15 is 0 Å². The average Bonchev–Trinajstić information content (AvgIpc) is 3.26. The molecule has 1 aliphatic heterocycles. The first-order chi connectivity index (χ1) is 14.0. The second-order valence-electron chi connectivity index (χ2n) is 6.82. The Kier molecular flexibility index (Phi) is 5.27. The molecule has 6 nitrogen and oxygen atoms in total. The van der Waals surface area contributed by atoms with Gasteiger partial charge >= 0.3 is 0 Å². The Balaban J connectivity index is 1.45. The normalized spacial score (nSPS) is 12.5. The van der Waals surface area contributed by atoms with Gasteiger partial charge in [-0.25, -0.2) is 4.68 Å². The van der Waals surface area contributed by atoms with Gasteiger partial charge in [-0.15, -0.1) is 0 Å². The fourth-order valence-electron chi connectivity index (χ4n) is 3.04. The van der Waals surface area contributed by atoms with Crippen LogP contribution in [0.5, 0.6) is 11.5 Å². The van der Waals surface area contributed by atoms with Crippen molar-refractivity contribution in [3.63, 3.8) is 0 Å². The zero-order valence-electron chi connectivity index (χ0n) is 16.1. The number of anilines is 1. The van der Waals surface area contributed by atoms with Crippen LogP contribution in [0.2, 0.25) is 5.15 Å². The Morgan fingerprint density at radius 1 is 1.17 bits per heavy atom. The third-order valence-corrected chi connectivity index (χ3v) is 5.00. The number of halogens is 1. The maximum absolute atomic E-state index is 12.3. The molecule has 7 heteroatoms. The molecule has 0 radical (unpaired) electrons. The molecule has 0 aliphatic carbocycles. The maximum Gasteiger partial charge on any atom is 0.248 e. The maximum atomic E-state index is 12.3. The first kappa shape index (κ1) is 19.1. The van der Waals surface area contributed by atoms with Gasteiger partial charge in [-0.2, -0.15) is 5.10 Å². The second-order valence-corrected chi connectivity index (χ2v) is 7.18. The van der Waals surface area contributed by atoms with Gasteiger partial charge in [0.05, 0.1) is 12.2 Å². The molecule has 0 saturated heterocycles. The Bertz CT molecular complexity index is 1090. The van der Waals surface area contributed by atoms with Crippen molar-refractivity contribution in [2.24, 2.45) is 0 Å². The second kappa shape index (κ2) is 8.01. The largest absolute Gasteiger partial charge is 0.454 e. The van der Waals surface area contributed by atoms with Crippen LogP contribution in [0.3, 0.4) is 0 Å². The quantitative estimate of drug-likeness (QED) is 0.626. The van der Waals surface area contributed by atoms with Gasteiger partial charge in [0.25, 0.3) is 0 Å². The first-order valence-electron chi connectivity index (χ1n) is 9.17. The summed E-state index contributed by atoms with van der Waals surface area (Å²) < 4.78 is 12.3. The molecule has 2 heterocycles. The summed E-state index contributed by atoms with van der Waals surface area (Å²) in [5.74, 6) is 1.01. The lowest BCUT2D eigenvalue weighted by atomic mass is 10.1. The number of nitrogens with one attached hydrogen (secondary N) is 1. The number of amides is 1. The number of carbonyl (C=O) groups excluding carboxylic acids is 1. The van der Waals surface area contributed by atoms with Gasteiger partial charge < -0.3 is 14.8 Å². The number of fused-ring (bicyclic) bond motifs is 1. The highest BCUT2D eigenvalue weighted by Gasteiger charge is 2.14. The molecule has 29 heavy (non-hydrogen) atoms. The highest BCUT2D eigenvalue weighted by atomic mass is 35.5. The lowest BCUT2D eigenvalue weighted by Gasteiger charge is -2.04. The van der Waals surface area contributed by atoms with E-state index < -0.39 is 0 Å². The highest BCUT2D eigenvalue weighted by molar-refractivity contribution is 6.31. The zero-order chi connectivity index (χ0) is 20.4. The van der Waals surface area contributed by atoms with E-state index in [1.165, 1.54) is 11.6 Å². The van der Waals surface area contributed by atoms with Gasteiger partial charge in [0.2, 0.25) is 12.7 Å². The Labute approximate surface area is 173 Å². The summed E-state index contributed by atoms with van der Waals surface area (Å²) >= 11 is 6.51. The molecule has 0 bridgehead atoms. The van der Waals surface area contributed by atoms with Crippen molar-refractivity contribution in [2.45, 2.75) is 20.4 Å². The summed E-state index contributed by atoms with van der Waals surface area (Å²) in [7, 11) is 0. The van der Waals surface area contributed by atoms with Crippen molar-refractivity contribution in [3.8, 4) is 11.5 Å². The molecule has 1 N–H and O–H groups in total. The van der Waals surface area contributed by atoms with E-state index in [9.17, 15) is 4.79 Å². The van der Waals surface area contributed by atoms with E-state index in [1.807, 2.05) is 13.8 Å². The molecule has 1 aromatic heterocycles. The molecule has 0 unspecified atom stereocenters. The minimum Gasteiger partial charge on any atom is -0.454 e. The third-order valence-electron chi connectivity index (χ3n) is 4.60. The fraction of sp³-hybridized carbons (Fsp3) is 0.182. The fourth-order valence-corrected chi connectivity index (χ4v) is 3.34. The number of hydrogen-bond donors (Lipinski definition) is 1. The molecule has 1 aliphatic rings. The molecular weight excluding hydrogens is 390 g/mol. The summed E-state index contributed by atoms with van der Waals surface area (Å²) in [6.45, 7) is 4.67. The van der Waals surface area contributed by atoms with Crippen LogP contribution in [0, 0.1) is 13.8 Å². The number of carbonyl (C=O) groups is 1. The minimum absolute atomic E-state index is 0.191. The van der Waals surface area contributed by atoms with Crippen LogP contribution < -0.4 is 14.8 Å². The third kappa shape index (κ3) is 4.27. The number of ether oxygens (including phenoxy) is 2. The molecular formula is C22H20ClN3O3. The number of benzene rings is 2. The number of nitrogens with zero attached hydrogens (tertiary/aromatic N) is 2. The van der Waals surface area contributed by atoms with Crippen molar-refractivity contribution >= 4 is 29.3 Å². The van der Waals surface area contributed by atoms with Crippen molar-refractivity contribution in [1.82, 2.24) is 9.78 Å². The van der Waals surface area contributed by atoms with Crippen molar-refractivity contribution < 1.29 is 14.3 Å². The van der Waals surface area contributed by atoms with Crippen molar-refractivity contribution in [1.29, 1.82) is 0 Å². The molecule has 3 aromatic rings. The van der Waals surface area contributed by atoms with Crippen molar-refractivity contribution in [3.05, 3.63) is 76.1 Å². The molecule has 0 saturated carbocycles. The van der Waals surface area contributed by atoms with Crippen LogP contribution in [0.4, 0.5) is 5.69 Å². The van der Waals surface area contributed by atoms with Crippen LogP contribution >= 0.6 is 11.6 Å². The van der Waals surface area contributed by atoms with Crippen LogP contribution in [-0.4, -0.2) is 22.5 Å². The average molecular weight is 410 g/mol. The lowest BCUT2D eigenvalue weighted by Crippen LogP contribution is -2.07. The van der Waals surface area contributed by atoms with E-state index in [4.69, 9.17) is 21.1 Å². The molecule has 2 aromatic carbocycles. The molecule has 148 valence electrons. The Morgan fingerprint density at radius 2 is 1.93 bits per heavy atom. The SMILES string of the molecule is Cc1ccc(Cn2nc(C)c(/C=C/C(=O)Nc3ccc4c(c3)OCO4)c2Cl)cc1. The summed E-state index contributed by atoms with van der Waals surface area (Å²) in [6, 6.07) is 13.5. The predicted molar refractivity (Wildman–Crippen MR) is 112 cm³/mol. The van der Waals surface area contributed by atoms with Crippen LogP contribution in [0.1, 0.15) is 22.4 Å². The molecule has 0 spiro atoms. The van der Waals surface area contributed by atoms with Gasteiger partial charge in [-0.1, -0.05) is 41.4 Å².